The number of carboxylic acid groups (broad SMARTS) is 1. The SMILES string of the molecule is Cc1ccc([C@@]2(NC(=O)c3cc(C(=O)O)c[nH]3)CCOc3cccnc32)cc1F. The van der Waals surface area contributed by atoms with Crippen LogP contribution in [0.4, 0.5) is 4.39 Å². The number of aromatic nitrogens is 2. The summed E-state index contributed by atoms with van der Waals surface area (Å²) in [5.74, 6) is -1.57. The Balaban J connectivity index is 1.82. The lowest BCUT2D eigenvalue weighted by Gasteiger charge is -2.39. The summed E-state index contributed by atoms with van der Waals surface area (Å²) in [6.45, 7) is 1.95. The molecule has 0 fully saturated rings. The van der Waals surface area contributed by atoms with Gasteiger partial charge >= 0.3 is 5.97 Å². The average Bonchev–Trinajstić information content (AvgIpc) is 3.21. The molecule has 0 saturated heterocycles. The summed E-state index contributed by atoms with van der Waals surface area (Å²) in [5, 5.41) is 12.0. The normalized spacial score (nSPS) is 17.9. The molecule has 3 N–H and O–H groups in total. The van der Waals surface area contributed by atoms with E-state index < -0.39 is 23.2 Å². The fourth-order valence-corrected chi connectivity index (χ4v) is 3.50. The number of carbonyl (C=O) groups excluding carboxylic acids is 1. The molecule has 1 aliphatic rings. The fourth-order valence-electron chi connectivity index (χ4n) is 3.50. The van der Waals surface area contributed by atoms with Crippen LogP contribution in [0.2, 0.25) is 0 Å². The van der Waals surface area contributed by atoms with Crippen LogP contribution in [0.3, 0.4) is 0 Å². The Bertz CT molecular complexity index is 1110. The predicted molar refractivity (Wildman–Crippen MR) is 101 cm³/mol. The molecule has 1 aromatic carbocycles. The Labute approximate surface area is 165 Å². The number of halogens is 1. The molecule has 1 amide bonds. The van der Waals surface area contributed by atoms with E-state index in [1.165, 1.54) is 18.3 Å². The van der Waals surface area contributed by atoms with Gasteiger partial charge in [-0.2, -0.15) is 0 Å². The molecule has 3 heterocycles. The third kappa shape index (κ3) is 3.22. The third-order valence-corrected chi connectivity index (χ3v) is 5.08. The maximum Gasteiger partial charge on any atom is 0.337 e. The first-order valence-electron chi connectivity index (χ1n) is 9.00. The van der Waals surface area contributed by atoms with Gasteiger partial charge in [0.2, 0.25) is 0 Å². The van der Waals surface area contributed by atoms with E-state index in [2.05, 4.69) is 15.3 Å². The van der Waals surface area contributed by atoms with Gasteiger partial charge in [-0.25, -0.2) is 9.18 Å². The number of pyridine rings is 1. The monoisotopic (exact) mass is 395 g/mol. The van der Waals surface area contributed by atoms with Crippen LogP contribution in [0.1, 0.15) is 44.1 Å². The Hall–Kier alpha value is -3.68. The second-order valence-electron chi connectivity index (χ2n) is 6.88. The van der Waals surface area contributed by atoms with Crippen molar-refractivity contribution in [1.29, 1.82) is 0 Å². The number of fused-ring (bicyclic) bond motifs is 1. The van der Waals surface area contributed by atoms with Crippen LogP contribution < -0.4 is 10.1 Å². The molecule has 29 heavy (non-hydrogen) atoms. The zero-order chi connectivity index (χ0) is 20.6. The van der Waals surface area contributed by atoms with Crippen LogP contribution in [0, 0.1) is 12.7 Å². The molecule has 0 aliphatic carbocycles. The van der Waals surface area contributed by atoms with Gasteiger partial charge in [0.15, 0.2) is 0 Å². The quantitative estimate of drug-likeness (QED) is 0.630. The van der Waals surface area contributed by atoms with Gasteiger partial charge in [0, 0.05) is 18.8 Å². The number of hydrogen-bond acceptors (Lipinski definition) is 4. The van der Waals surface area contributed by atoms with E-state index >= 15 is 0 Å². The van der Waals surface area contributed by atoms with Crippen LogP contribution in [0.5, 0.6) is 5.75 Å². The average molecular weight is 395 g/mol. The van der Waals surface area contributed by atoms with E-state index in [1.54, 1.807) is 37.4 Å². The van der Waals surface area contributed by atoms with Gasteiger partial charge in [0.25, 0.3) is 5.91 Å². The molecular weight excluding hydrogens is 377 g/mol. The highest BCUT2D eigenvalue weighted by Gasteiger charge is 2.43. The number of carboxylic acids is 1. The topological polar surface area (TPSA) is 104 Å². The lowest BCUT2D eigenvalue weighted by atomic mass is 9.81. The zero-order valence-electron chi connectivity index (χ0n) is 15.5. The number of ether oxygens (including phenoxy) is 1. The van der Waals surface area contributed by atoms with E-state index in [-0.39, 0.29) is 11.3 Å². The van der Waals surface area contributed by atoms with E-state index in [0.717, 1.165) is 0 Å². The molecular formula is C21H18FN3O4. The van der Waals surface area contributed by atoms with E-state index in [0.29, 0.717) is 35.6 Å². The molecule has 0 radical (unpaired) electrons. The lowest BCUT2D eigenvalue weighted by Crippen LogP contribution is -2.50. The van der Waals surface area contributed by atoms with Crippen molar-refractivity contribution in [3.05, 3.63) is 82.7 Å². The number of aromatic amines is 1. The van der Waals surface area contributed by atoms with Gasteiger partial charge in [-0.15, -0.1) is 0 Å². The minimum Gasteiger partial charge on any atom is -0.491 e. The number of hydrogen-bond donors (Lipinski definition) is 3. The number of aromatic carboxylic acids is 1. The number of nitrogens with zero attached hydrogens (tertiary/aromatic N) is 1. The molecule has 4 rings (SSSR count). The number of carbonyl (C=O) groups is 2. The number of rotatable bonds is 4. The van der Waals surface area contributed by atoms with Crippen molar-refractivity contribution in [2.75, 3.05) is 6.61 Å². The largest absolute Gasteiger partial charge is 0.491 e. The van der Waals surface area contributed by atoms with Gasteiger partial charge in [-0.1, -0.05) is 12.1 Å². The van der Waals surface area contributed by atoms with Crippen LogP contribution in [-0.4, -0.2) is 33.6 Å². The number of aryl methyl sites for hydroxylation is 1. The smallest absolute Gasteiger partial charge is 0.337 e. The van der Waals surface area contributed by atoms with E-state index in [9.17, 15) is 14.0 Å². The van der Waals surface area contributed by atoms with Crippen molar-refractivity contribution >= 4 is 11.9 Å². The summed E-state index contributed by atoms with van der Waals surface area (Å²) in [6, 6.07) is 9.49. The Morgan fingerprint density at radius 2 is 2.14 bits per heavy atom. The summed E-state index contributed by atoms with van der Waals surface area (Å²) < 4.78 is 20.1. The maximum absolute atomic E-state index is 14.4. The highest BCUT2D eigenvalue weighted by Crippen LogP contribution is 2.41. The number of nitrogens with one attached hydrogen (secondary N) is 2. The first-order chi connectivity index (χ1) is 13.9. The van der Waals surface area contributed by atoms with Gasteiger partial charge in [0.05, 0.1) is 12.2 Å². The van der Waals surface area contributed by atoms with Crippen molar-refractivity contribution in [2.24, 2.45) is 0 Å². The molecule has 7 nitrogen and oxygen atoms in total. The molecule has 3 aromatic rings. The summed E-state index contributed by atoms with van der Waals surface area (Å²) in [4.78, 5) is 31.2. The van der Waals surface area contributed by atoms with Gasteiger partial charge < -0.3 is 20.1 Å². The lowest BCUT2D eigenvalue weighted by molar-refractivity contribution is 0.0697. The Kier molecular flexibility index (Phi) is 4.54. The van der Waals surface area contributed by atoms with Crippen molar-refractivity contribution in [3.63, 3.8) is 0 Å². The van der Waals surface area contributed by atoms with Crippen molar-refractivity contribution in [3.8, 4) is 5.75 Å². The second kappa shape index (κ2) is 7.05. The highest BCUT2D eigenvalue weighted by atomic mass is 19.1. The molecule has 0 unspecified atom stereocenters. The van der Waals surface area contributed by atoms with Crippen LogP contribution in [0.25, 0.3) is 0 Å². The van der Waals surface area contributed by atoms with Crippen LogP contribution in [0.15, 0.2) is 48.8 Å². The number of H-pyrrole nitrogens is 1. The van der Waals surface area contributed by atoms with Crippen molar-refractivity contribution in [1.82, 2.24) is 15.3 Å². The Morgan fingerprint density at radius 1 is 1.31 bits per heavy atom. The molecule has 8 heteroatoms. The van der Waals surface area contributed by atoms with Crippen molar-refractivity contribution in [2.45, 2.75) is 18.9 Å². The predicted octanol–water partition coefficient (Wildman–Crippen LogP) is 3.01. The fraction of sp³-hybridized carbons (Fsp3) is 0.190. The summed E-state index contributed by atoms with van der Waals surface area (Å²) in [5.41, 5.74) is 0.401. The third-order valence-electron chi connectivity index (χ3n) is 5.08. The molecule has 0 spiro atoms. The number of amides is 1. The minimum absolute atomic E-state index is 0.0314. The molecule has 148 valence electrons. The molecule has 1 atom stereocenters. The standard InChI is InChI=1S/C21H18FN3O4/c1-12-4-5-14(10-15(12)22)21(6-8-29-17-3-2-7-23-18(17)21)25-19(26)16-9-13(11-24-16)20(27)28/h2-5,7,9-11,24H,6,8H2,1H3,(H,25,26)(H,27,28)/t21-/m0/s1. The molecule has 0 saturated carbocycles. The summed E-state index contributed by atoms with van der Waals surface area (Å²) in [7, 11) is 0. The molecule has 1 aliphatic heterocycles. The Morgan fingerprint density at radius 3 is 2.86 bits per heavy atom. The highest BCUT2D eigenvalue weighted by molar-refractivity contribution is 5.97. The zero-order valence-corrected chi connectivity index (χ0v) is 15.5. The van der Waals surface area contributed by atoms with Gasteiger partial charge in [-0.05, 0) is 42.3 Å². The first kappa shape index (κ1) is 18.7. The summed E-state index contributed by atoms with van der Waals surface area (Å²) in [6.07, 6.45) is 3.15. The van der Waals surface area contributed by atoms with Gasteiger partial charge in [0.1, 0.15) is 28.5 Å². The minimum atomic E-state index is -1.14. The molecule has 2 aromatic heterocycles. The number of benzene rings is 1. The van der Waals surface area contributed by atoms with E-state index in [4.69, 9.17) is 9.84 Å². The van der Waals surface area contributed by atoms with Crippen LogP contribution >= 0.6 is 0 Å². The molecule has 0 bridgehead atoms. The summed E-state index contributed by atoms with van der Waals surface area (Å²) >= 11 is 0. The van der Waals surface area contributed by atoms with Crippen molar-refractivity contribution < 1.29 is 23.8 Å². The van der Waals surface area contributed by atoms with Gasteiger partial charge in [-0.3, -0.25) is 9.78 Å². The maximum atomic E-state index is 14.4. The van der Waals surface area contributed by atoms with Crippen LogP contribution in [-0.2, 0) is 5.54 Å². The van der Waals surface area contributed by atoms with E-state index in [1.807, 2.05) is 0 Å². The second-order valence-corrected chi connectivity index (χ2v) is 6.88. The first-order valence-corrected chi connectivity index (χ1v) is 9.00.